The van der Waals surface area contributed by atoms with E-state index in [9.17, 15) is 0 Å². The molecule has 0 saturated carbocycles. The quantitative estimate of drug-likeness (QED) is 0.584. The summed E-state index contributed by atoms with van der Waals surface area (Å²) in [6, 6.07) is 19.9. The van der Waals surface area contributed by atoms with Crippen molar-refractivity contribution in [1.29, 1.82) is 0 Å². The first-order valence-electron chi connectivity index (χ1n) is 9.92. The summed E-state index contributed by atoms with van der Waals surface area (Å²) in [5, 5.41) is 3.93. The molecule has 1 aliphatic rings. The van der Waals surface area contributed by atoms with Crippen molar-refractivity contribution in [3.8, 4) is 11.3 Å². The molecule has 0 spiro atoms. The minimum Gasteiger partial charge on any atom is -0.464 e. The highest BCUT2D eigenvalue weighted by Crippen LogP contribution is 2.44. The molecule has 0 amide bonds. The number of aryl methyl sites for hydroxylation is 2. The van der Waals surface area contributed by atoms with E-state index in [-0.39, 0.29) is 5.54 Å². The summed E-state index contributed by atoms with van der Waals surface area (Å²) < 4.78 is 5.65. The van der Waals surface area contributed by atoms with Gasteiger partial charge in [0, 0.05) is 23.1 Å². The molecule has 1 heterocycles. The van der Waals surface area contributed by atoms with Crippen LogP contribution in [0.5, 0.6) is 0 Å². The maximum absolute atomic E-state index is 5.65. The van der Waals surface area contributed by atoms with Crippen LogP contribution in [0.4, 0.5) is 0 Å². The Labute approximate surface area is 162 Å². The van der Waals surface area contributed by atoms with Crippen LogP contribution >= 0.6 is 0 Å². The summed E-state index contributed by atoms with van der Waals surface area (Å²) in [6.07, 6.45) is 4.01. The summed E-state index contributed by atoms with van der Waals surface area (Å²) in [5.74, 6) is 1.44. The smallest absolute Gasteiger partial charge is 0.133 e. The zero-order valence-corrected chi connectivity index (χ0v) is 16.8. The van der Waals surface area contributed by atoms with Crippen molar-refractivity contribution in [2.75, 3.05) is 0 Å². The molecule has 4 rings (SSSR count). The third-order valence-electron chi connectivity index (χ3n) is 5.53. The number of nitrogens with one attached hydrogen (secondary N) is 1. The Morgan fingerprint density at radius 3 is 2.44 bits per heavy atom. The van der Waals surface area contributed by atoms with E-state index in [0.29, 0.717) is 12.0 Å². The molecule has 140 valence electrons. The van der Waals surface area contributed by atoms with Crippen molar-refractivity contribution in [2.45, 2.75) is 58.0 Å². The molecule has 2 heteroatoms. The standard InChI is InChI=1S/C25H29NO/c1-17-15-20(22-11-8-14-27-22)16-19-12-13-21(18-9-6-5-7-10-18)24(23(17)19)26-25(2,3)4/h5-11,14-16,21,24,26H,12-13H2,1-4H3/t21-,24-/m0/s1. The highest BCUT2D eigenvalue weighted by molar-refractivity contribution is 5.62. The Morgan fingerprint density at radius 1 is 1.00 bits per heavy atom. The fourth-order valence-electron chi connectivity index (χ4n) is 4.49. The van der Waals surface area contributed by atoms with E-state index < -0.39 is 0 Å². The summed E-state index contributed by atoms with van der Waals surface area (Å²) in [4.78, 5) is 0. The maximum atomic E-state index is 5.65. The lowest BCUT2D eigenvalue weighted by molar-refractivity contribution is 0.306. The number of hydrogen-bond acceptors (Lipinski definition) is 2. The maximum Gasteiger partial charge on any atom is 0.133 e. The molecule has 0 unspecified atom stereocenters. The first-order valence-corrected chi connectivity index (χ1v) is 9.92. The van der Waals surface area contributed by atoms with Crippen LogP contribution in [0.1, 0.15) is 61.4 Å². The molecule has 1 N–H and O–H groups in total. The second kappa shape index (κ2) is 7.01. The SMILES string of the molecule is Cc1cc(-c2ccco2)cc2c1[C@@H](NC(C)(C)C)[C@H](c1ccccc1)CC2. The van der Waals surface area contributed by atoms with Gasteiger partial charge in [0.15, 0.2) is 0 Å². The van der Waals surface area contributed by atoms with Crippen LogP contribution in [0.25, 0.3) is 11.3 Å². The fraction of sp³-hybridized carbons (Fsp3) is 0.360. The van der Waals surface area contributed by atoms with Crippen molar-refractivity contribution in [3.63, 3.8) is 0 Å². The summed E-state index contributed by atoms with van der Waals surface area (Å²) in [6.45, 7) is 9.03. The van der Waals surface area contributed by atoms with Gasteiger partial charge in [0.2, 0.25) is 0 Å². The lowest BCUT2D eigenvalue weighted by atomic mass is 9.73. The topological polar surface area (TPSA) is 25.2 Å². The number of rotatable bonds is 3. The molecule has 0 saturated heterocycles. The van der Waals surface area contributed by atoms with Gasteiger partial charge in [-0.2, -0.15) is 0 Å². The molecule has 0 radical (unpaired) electrons. The Kier molecular flexibility index (Phi) is 4.69. The summed E-state index contributed by atoms with van der Waals surface area (Å²) in [7, 11) is 0. The zero-order chi connectivity index (χ0) is 19.0. The van der Waals surface area contributed by atoms with Gasteiger partial charge < -0.3 is 9.73 Å². The predicted octanol–water partition coefficient (Wildman–Crippen LogP) is 6.41. The van der Waals surface area contributed by atoms with E-state index in [1.54, 1.807) is 6.26 Å². The molecule has 2 nitrogen and oxygen atoms in total. The average Bonchev–Trinajstić information content (AvgIpc) is 3.15. The first-order chi connectivity index (χ1) is 12.9. The van der Waals surface area contributed by atoms with E-state index in [1.165, 1.54) is 27.8 Å². The Morgan fingerprint density at radius 2 is 1.78 bits per heavy atom. The van der Waals surface area contributed by atoms with Crippen LogP contribution in [0, 0.1) is 6.92 Å². The monoisotopic (exact) mass is 359 g/mol. The molecule has 3 aromatic rings. The van der Waals surface area contributed by atoms with Crippen LogP contribution in [0.15, 0.2) is 65.3 Å². The largest absolute Gasteiger partial charge is 0.464 e. The number of furan rings is 1. The molecule has 0 fully saturated rings. The fourth-order valence-corrected chi connectivity index (χ4v) is 4.49. The van der Waals surface area contributed by atoms with Gasteiger partial charge in [-0.15, -0.1) is 0 Å². The lowest BCUT2D eigenvalue weighted by Gasteiger charge is -2.40. The third kappa shape index (κ3) is 3.72. The van der Waals surface area contributed by atoms with Crippen LogP contribution < -0.4 is 5.32 Å². The number of fused-ring (bicyclic) bond motifs is 1. The number of benzene rings is 2. The van der Waals surface area contributed by atoms with Crippen LogP contribution in [-0.2, 0) is 6.42 Å². The summed E-state index contributed by atoms with van der Waals surface area (Å²) in [5.41, 5.74) is 6.94. The van der Waals surface area contributed by atoms with E-state index in [2.05, 4.69) is 75.5 Å². The first kappa shape index (κ1) is 18.1. The molecule has 2 atom stereocenters. The van der Waals surface area contributed by atoms with E-state index in [0.717, 1.165) is 18.6 Å². The van der Waals surface area contributed by atoms with E-state index in [1.807, 2.05) is 12.1 Å². The van der Waals surface area contributed by atoms with Gasteiger partial charge in [0.1, 0.15) is 5.76 Å². The molecule has 0 aliphatic heterocycles. The van der Waals surface area contributed by atoms with Gasteiger partial charge in [0.05, 0.1) is 6.26 Å². The van der Waals surface area contributed by atoms with Crippen LogP contribution in [0.3, 0.4) is 0 Å². The average molecular weight is 360 g/mol. The molecule has 2 aromatic carbocycles. The molecule has 1 aromatic heterocycles. The Hall–Kier alpha value is -2.32. The second-order valence-corrected chi connectivity index (χ2v) is 8.77. The van der Waals surface area contributed by atoms with Gasteiger partial charge in [-0.1, -0.05) is 30.3 Å². The molecular formula is C25H29NO. The normalized spacial score (nSPS) is 19.7. The number of hydrogen-bond donors (Lipinski definition) is 1. The third-order valence-corrected chi connectivity index (χ3v) is 5.53. The van der Waals surface area contributed by atoms with Crippen molar-refractivity contribution >= 4 is 0 Å². The van der Waals surface area contributed by atoms with Crippen molar-refractivity contribution in [1.82, 2.24) is 5.32 Å². The second-order valence-electron chi connectivity index (χ2n) is 8.77. The molecular weight excluding hydrogens is 330 g/mol. The lowest BCUT2D eigenvalue weighted by Crippen LogP contribution is -2.43. The van der Waals surface area contributed by atoms with E-state index >= 15 is 0 Å². The highest BCUT2D eigenvalue weighted by atomic mass is 16.3. The van der Waals surface area contributed by atoms with Gasteiger partial charge >= 0.3 is 0 Å². The van der Waals surface area contributed by atoms with E-state index in [4.69, 9.17) is 4.42 Å². The van der Waals surface area contributed by atoms with Gasteiger partial charge in [0.25, 0.3) is 0 Å². The van der Waals surface area contributed by atoms with Crippen LogP contribution in [0.2, 0.25) is 0 Å². The van der Waals surface area contributed by atoms with Gasteiger partial charge in [-0.3, -0.25) is 0 Å². The predicted molar refractivity (Wildman–Crippen MR) is 112 cm³/mol. The van der Waals surface area contributed by atoms with Gasteiger partial charge in [-0.05, 0) is 87.1 Å². The Balaban J connectivity index is 1.80. The Bertz CT molecular complexity index is 903. The van der Waals surface area contributed by atoms with Gasteiger partial charge in [-0.25, -0.2) is 0 Å². The molecule has 1 aliphatic carbocycles. The van der Waals surface area contributed by atoms with Crippen molar-refractivity contribution < 1.29 is 4.42 Å². The van der Waals surface area contributed by atoms with Crippen LogP contribution in [-0.4, -0.2) is 5.54 Å². The zero-order valence-electron chi connectivity index (χ0n) is 16.8. The van der Waals surface area contributed by atoms with Crippen molar-refractivity contribution in [3.05, 3.63) is 83.1 Å². The minimum absolute atomic E-state index is 0.0540. The van der Waals surface area contributed by atoms with Crippen molar-refractivity contribution in [2.24, 2.45) is 0 Å². The molecule has 27 heavy (non-hydrogen) atoms. The molecule has 0 bridgehead atoms. The highest BCUT2D eigenvalue weighted by Gasteiger charge is 2.34. The summed E-state index contributed by atoms with van der Waals surface area (Å²) >= 11 is 0. The minimum atomic E-state index is 0.0540.